The summed E-state index contributed by atoms with van der Waals surface area (Å²) in [4.78, 5) is 11.9. The summed E-state index contributed by atoms with van der Waals surface area (Å²) in [5, 5.41) is 23.3. The molecule has 2 aromatic rings. The number of rotatable bonds is 3. The Balaban J connectivity index is 2.15. The van der Waals surface area contributed by atoms with E-state index in [0.29, 0.717) is 21.9 Å². The first-order valence-corrected chi connectivity index (χ1v) is 6.47. The molecule has 1 amide bonds. The summed E-state index contributed by atoms with van der Waals surface area (Å²) in [5.41, 5.74) is 3.59. The van der Waals surface area contributed by atoms with Crippen molar-refractivity contribution in [2.75, 3.05) is 0 Å². The lowest BCUT2D eigenvalue weighted by Crippen LogP contribution is -2.19. The van der Waals surface area contributed by atoms with Gasteiger partial charge in [-0.3, -0.25) is 4.79 Å². The average Bonchev–Trinajstić information content (AvgIpc) is 2.44. The normalized spacial score (nSPS) is 11.2. The molecular weight excluding hydrogens is 292 g/mol. The van der Waals surface area contributed by atoms with E-state index in [1.165, 1.54) is 24.3 Å². The summed E-state index contributed by atoms with van der Waals surface area (Å²) in [5.74, 6) is -0.574. The van der Waals surface area contributed by atoms with Gasteiger partial charge in [-0.25, -0.2) is 5.43 Å². The number of phenolic OH excluding ortho intramolecular Hbond substituents is 2. The van der Waals surface area contributed by atoms with Crippen LogP contribution in [0.15, 0.2) is 47.6 Å². The largest absolute Gasteiger partial charge is 0.508 e. The van der Waals surface area contributed by atoms with Gasteiger partial charge >= 0.3 is 0 Å². The molecular formula is C15H13ClN2O3. The SMILES string of the molecule is C/C(=N/NC(=O)c1cccc(Cl)c1)c1ccc(O)cc1O. The highest BCUT2D eigenvalue weighted by Gasteiger charge is 2.08. The summed E-state index contributed by atoms with van der Waals surface area (Å²) in [6.07, 6.45) is 0. The van der Waals surface area contributed by atoms with Gasteiger partial charge in [0.1, 0.15) is 11.5 Å². The van der Waals surface area contributed by atoms with Gasteiger partial charge in [-0.1, -0.05) is 17.7 Å². The van der Waals surface area contributed by atoms with Crippen molar-refractivity contribution in [2.45, 2.75) is 6.92 Å². The van der Waals surface area contributed by atoms with Crippen molar-refractivity contribution in [1.82, 2.24) is 5.43 Å². The van der Waals surface area contributed by atoms with Gasteiger partial charge in [0.05, 0.1) is 5.71 Å². The van der Waals surface area contributed by atoms with E-state index in [1.54, 1.807) is 25.1 Å². The molecule has 2 aromatic carbocycles. The zero-order chi connectivity index (χ0) is 15.4. The van der Waals surface area contributed by atoms with E-state index in [2.05, 4.69) is 10.5 Å². The molecule has 0 aliphatic rings. The number of phenols is 2. The van der Waals surface area contributed by atoms with Crippen LogP contribution in [-0.4, -0.2) is 21.8 Å². The van der Waals surface area contributed by atoms with E-state index < -0.39 is 5.91 Å². The highest BCUT2D eigenvalue weighted by Crippen LogP contribution is 2.23. The van der Waals surface area contributed by atoms with Gasteiger partial charge in [0.25, 0.3) is 5.91 Å². The number of amides is 1. The van der Waals surface area contributed by atoms with Crippen LogP contribution < -0.4 is 5.43 Å². The van der Waals surface area contributed by atoms with E-state index in [0.717, 1.165) is 0 Å². The second-order valence-corrected chi connectivity index (χ2v) is 4.79. The molecule has 6 heteroatoms. The number of hydrazone groups is 1. The van der Waals surface area contributed by atoms with Crippen molar-refractivity contribution in [3.63, 3.8) is 0 Å². The first-order valence-electron chi connectivity index (χ1n) is 6.10. The molecule has 2 rings (SSSR count). The molecule has 0 spiro atoms. The van der Waals surface area contributed by atoms with Crippen LogP contribution in [-0.2, 0) is 0 Å². The number of hydrogen-bond donors (Lipinski definition) is 3. The molecule has 0 heterocycles. The van der Waals surface area contributed by atoms with Crippen molar-refractivity contribution < 1.29 is 15.0 Å². The van der Waals surface area contributed by atoms with Crippen LogP contribution in [0.2, 0.25) is 5.02 Å². The number of carbonyl (C=O) groups excluding carboxylic acids is 1. The predicted octanol–water partition coefficient (Wildman–Crippen LogP) is 2.91. The molecule has 0 aliphatic carbocycles. The standard InChI is InChI=1S/C15H13ClN2O3/c1-9(13-6-5-12(19)8-14(13)20)17-18-15(21)10-3-2-4-11(16)7-10/h2-8,19-20H,1H3,(H,18,21)/b17-9-. The minimum Gasteiger partial charge on any atom is -0.508 e. The summed E-state index contributed by atoms with van der Waals surface area (Å²) in [7, 11) is 0. The van der Waals surface area contributed by atoms with Crippen LogP contribution in [0.1, 0.15) is 22.8 Å². The number of carbonyl (C=O) groups is 1. The Labute approximate surface area is 126 Å². The molecule has 0 fully saturated rings. The molecule has 0 atom stereocenters. The van der Waals surface area contributed by atoms with Gasteiger partial charge < -0.3 is 10.2 Å². The molecule has 5 nitrogen and oxygen atoms in total. The topological polar surface area (TPSA) is 81.9 Å². The summed E-state index contributed by atoms with van der Waals surface area (Å²) < 4.78 is 0. The fraction of sp³-hybridized carbons (Fsp3) is 0.0667. The monoisotopic (exact) mass is 304 g/mol. The lowest BCUT2D eigenvalue weighted by molar-refractivity contribution is 0.0955. The van der Waals surface area contributed by atoms with Crippen LogP contribution in [0.3, 0.4) is 0 Å². The minimum absolute atomic E-state index is 0.0491. The number of hydrogen-bond acceptors (Lipinski definition) is 4. The molecule has 0 aliphatic heterocycles. The van der Waals surface area contributed by atoms with Crippen LogP contribution in [0.4, 0.5) is 0 Å². The van der Waals surface area contributed by atoms with E-state index in [9.17, 15) is 15.0 Å². The van der Waals surface area contributed by atoms with Crippen molar-refractivity contribution in [1.29, 1.82) is 0 Å². The molecule has 0 saturated heterocycles. The Morgan fingerprint density at radius 3 is 2.62 bits per heavy atom. The van der Waals surface area contributed by atoms with Gasteiger partial charge in [0.15, 0.2) is 0 Å². The first kappa shape index (κ1) is 14.9. The van der Waals surface area contributed by atoms with E-state index in [1.807, 2.05) is 0 Å². The van der Waals surface area contributed by atoms with Gasteiger partial charge in [-0.05, 0) is 37.3 Å². The maximum absolute atomic E-state index is 11.9. The number of benzene rings is 2. The van der Waals surface area contributed by atoms with E-state index in [4.69, 9.17) is 11.6 Å². The van der Waals surface area contributed by atoms with Crippen LogP contribution >= 0.6 is 11.6 Å². The highest BCUT2D eigenvalue weighted by atomic mass is 35.5. The summed E-state index contributed by atoms with van der Waals surface area (Å²) in [6, 6.07) is 10.6. The fourth-order valence-corrected chi connectivity index (χ4v) is 1.91. The van der Waals surface area contributed by atoms with Crippen LogP contribution in [0.25, 0.3) is 0 Å². The van der Waals surface area contributed by atoms with Gasteiger partial charge in [-0.15, -0.1) is 0 Å². The quantitative estimate of drug-likeness (QED) is 0.602. The van der Waals surface area contributed by atoms with E-state index in [-0.39, 0.29) is 11.5 Å². The first-order chi connectivity index (χ1) is 9.97. The van der Waals surface area contributed by atoms with Crippen molar-refractivity contribution >= 4 is 23.2 Å². The second kappa shape index (κ2) is 6.28. The maximum Gasteiger partial charge on any atom is 0.271 e. The minimum atomic E-state index is -0.407. The molecule has 21 heavy (non-hydrogen) atoms. The molecule has 0 bridgehead atoms. The van der Waals surface area contributed by atoms with Crippen molar-refractivity contribution in [2.24, 2.45) is 5.10 Å². The lowest BCUT2D eigenvalue weighted by Gasteiger charge is -2.05. The Bertz CT molecular complexity index is 714. The second-order valence-electron chi connectivity index (χ2n) is 4.35. The molecule has 0 radical (unpaired) electrons. The average molecular weight is 305 g/mol. The third-order valence-electron chi connectivity index (χ3n) is 2.78. The van der Waals surface area contributed by atoms with E-state index >= 15 is 0 Å². The highest BCUT2D eigenvalue weighted by molar-refractivity contribution is 6.30. The van der Waals surface area contributed by atoms with Gasteiger partial charge in [0, 0.05) is 22.2 Å². The predicted molar refractivity (Wildman–Crippen MR) is 80.9 cm³/mol. The van der Waals surface area contributed by atoms with Gasteiger partial charge in [0.2, 0.25) is 0 Å². The maximum atomic E-state index is 11.9. The third kappa shape index (κ3) is 3.73. The Morgan fingerprint density at radius 1 is 1.19 bits per heavy atom. The van der Waals surface area contributed by atoms with Crippen LogP contribution in [0, 0.1) is 0 Å². The van der Waals surface area contributed by atoms with Crippen molar-refractivity contribution in [3.05, 3.63) is 58.6 Å². The zero-order valence-electron chi connectivity index (χ0n) is 11.2. The Morgan fingerprint density at radius 2 is 1.95 bits per heavy atom. The third-order valence-corrected chi connectivity index (χ3v) is 3.02. The smallest absolute Gasteiger partial charge is 0.271 e. The Hall–Kier alpha value is -2.53. The number of aromatic hydroxyl groups is 2. The van der Waals surface area contributed by atoms with Gasteiger partial charge in [-0.2, -0.15) is 5.10 Å². The Kier molecular flexibility index (Phi) is 4.45. The number of halogens is 1. The number of nitrogens with one attached hydrogen (secondary N) is 1. The molecule has 3 N–H and O–H groups in total. The zero-order valence-corrected chi connectivity index (χ0v) is 11.9. The van der Waals surface area contributed by atoms with Crippen molar-refractivity contribution in [3.8, 4) is 11.5 Å². The molecule has 108 valence electrons. The summed E-state index contributed by atoms with van der Waals surface area (Å²) in [6.45, 7) is 1.63. The lowest BCUT2D eigenvalue weighted by atomic mass is 10.1. The fourth-order valence-electron chi connectivity index (χ4n) is 1.72. The summed E-state index contributed by atoms with van der Waals surface area (Å²) >= 11 is 5.81. The number of nitrogens with zero attached hydrogens (tertiary/aromatic N) is 1. The molecule has 0 saturated carbocycles. The molecule has 0 aromatic heterocycles. The van der Waals surface area contributed by atoms with Crippen LogP contribution in [0.5, 0.6) is 11.5 Å². The molecule has 0 unspecified atom stereocenters.